The second kappa shape index (κ2) is 10.6. The van der Waals surface area contributed by atoms with Crippen molar-refractivity contribution in [2.75, 3.05) is 25.1 Å². The van der Waals surface area contributed by atoms with Gasteiger partial charge in [0.05, 0.1) is 12.8 Å². The number of nitrogens with one attached hydrogen (secondary N) is 1. The second-order valence-corrected chi connectivity index (χ2v) is 8.76. The predicted molar refractivity (Wildman–Crippen MR) is 137 cm³/mol. The van der Waals surface area contributed by atoms with E-state index in [1.807, 2.05) is 54.6 Å². The van der Waals surface area contributed by atoms with Gasteiger partial charge in [-0.2, -0.15) is 0 Å². The van der Waals surface area contributed by atoms with Crippen LogP contribution in [-0.2, 0) is 16.1 Å². The minimum absolute atomic E-state index is 0.143. The zero-order valence-electron chi connectivity index (χ0n) is 20.4. The third kappa shape index (κ3) is 4.99. The average molecular weight is 474 g/mol. The molecule has 0 saturated carbocycles. The summed E-state index contributed by atoms with van der Waals surface area (Å²) < 4.78 is 5.23. The molecule has 4 rings (SSSR count). The lowest BCUT2D eigenvalue weighted by Crippen LogP contribution is -2.51. The van der Waals surface area contributed by atoms with Crippen LogP contribution >= 0.6 is 0 Å². The molecule has 7 nitrogen and oxygen atoms in total. The Morgan fingerprint density at radius 1 is 1.06 bits per heavy atom. The predicted octanol–water partition coefficient (Wildman–Crippen LogP) is 4.14. The lowest BCUT2D eigenvalue weighted by Gasteiger charge is -2.30. The number of carbonyl (C=O) groups excluding carboxylic acids is 3. The summed E-state index contributed by atoms with van der Waals surface area (Å²) in [5.74, 6) is 0.00988. The smallest absolute Gasteiger partial charge is 0.259 e. The van der Waals surface area contributed by atoms with Crippen LogP contribution < -0.4 is 15.0 Å². The number of carbonyl (C=O) groups is 3. The number of amides is 3. The third-order valence-corrected chi connectivity index (χ3v) is 6.45. The molecule has 182 valence electrons. The highest BCUT2D eigenvalue weighted by Crippen LogP contribution is 2.37. The van der Waals surface area contributed by atoms with E-state index in [0.717, 1.165) is 34.9 Å². The number of hydrogen-bond donors (Lipinski definition) is 1. The van der Waals surface area contributed by atoms with Crippen molar-refractivity contribution in [1.29, 1.82) is 0 Å². The van der Waals surface area contributed by atoms with E-state index >= 15 is 0 Å². The van der Waals surface area contributed by atoms with Crippen LogP contribution in [0.25, 0.3) is 10.8 Å². The largest absolute Gasteiger partial charge is 0.497 e. The molecule has 0 bridgehead atoms. The van der Waals surface area contributed by atoms with Crippen molar-refractivity contribution in [1.82, 2.24) is 10.2 Å². The van der Waals surface area contributed by atoms with Crippen molar-refractivity contribution in [3.05, 3.63) is 71.8 Å². The molecule has 0 radical (unpaired) electrons. The van der Waals surface area contributed by atoms with E-state index in [0.29, 0.717) is 17.9 Å². The molecule has 1 heterocycles. The fourth-order valence-electron chi connectivity index (χ4n) is 4.41. The molecule has 0 unspecified atom stereocenters. The van der Waals surface area contributed by atoms with Crippen LogP contribution in [0.4, 0.5) is 5.69 Å². The third-order valence-electron chi connectivity index (χ3n) is 6.45. The van der Waals surface area contributed by atoms with Gasteiger partial charge in [-0.3, -0.25) is 19.3 Å². The molecule has 3 amide bonds. The molecule has 0 saturated heterocycles. The molecule has 0 spiro atoms. The lowest BCUT2D eigenvalue weighted by molar-refractivity contribution is -0.139. The Labute approximate surface area is 205 Å². The van der Waals surface area contributed by atoms with Gasteiger partial charge in [-0.25, -0.2) is 0 Å². The summed E-state index contributed by atoms with van der Waals surface area (Å²) in [6, 6.07) is 18.0. The van der Waals surface area contributed by atoms with Crippen LogP contribution in [0.2, 0.25) is 0 Å². The standard InChI is InChI=1S/C28H31N3O4/c1-4-5-16-29-27(33)19(2)30(17-20-12-14-22(35-3)15-13-20)25(32)18-31-24-11-7-9-21-8-6-10-23(26(21)24)28(31)34/h6-15,19H,4-5,16-18H2,1-3H3,(H,29,33)/t19-/m0/s1. The van der Waals surface area contributed by atoms with E-state index in [1.54, 1.807) is 25.0 Å². The summed E-state index contributed by atoms with van der Waals surface area (Å²) >= 11 is 0. The van der Waals surface area contributed by atoms with E-state index in [1.165, 1.54) is 4.90 Å². The maximum atomic E-state index is 13.6. The Morgan fingerprint density at radius 2 is 1.77 bits per heavy atom. The van der Waals surface area contributed by atoms with Gasteiger partial charge in [-0.05, 0) is 48.6 Å². The van der Waals surface area contributed by atoms with Gasteiger partial charge in [0.25, 0.3) is 5.91 Å². The van der Waals surface area contributed by atoms with Gasteiger partial charge >= 0.3 is 0 Å². The highest BCUT2D eigenvalue weighted by molar-refractivity contribution is 6.26. The number of hydrogen-bond acceptors (Lipinski definition) is 4. The van der Waals surface area contributed by atoms with E-state index in [4.69, 9.17) is 4.74 Å². The molecule has 1 aliphatic heterocycles. The Kier molecular flexibility index (Phi) is 7.34. The van der Waals surface area contributed by atoms with Crippen molar-refractivity contribution in [3.8, 4) is 5.75 Å². The highest BCUT2D eigenvalue weighted by atomic mass is 16.5. The summed E-state index contributed by atoms with van der Waals surface area (Å²) in [4.78, 5) is 42.8. The minimum Gasteiger partial charge on any atom is -0.497 e. The molecular weight excluding hydrogens is 442 g/mol. The summed E-state index contributed by atoms with van der Waals surface area (Å²) in [5.41, 5.74) is 2.18. The zero-order chi connectivity index (χ0) is 24.9. The highest BCUT2D eigenvalue weighted by Gasteiger charge is 2.34. The first-order valence-corrected chi connectivity index (χ1v) is 12.0. The molecule has 0 aliphatic carbocycles. The summed E-state index contributed by atoms with van der Waals surface area (Å²) in [6.07, 6.45) is 1.84. The van der Waals surface area contributed by atoms with Crippen LogP contribution in [0.1, 0.15) is 42.6 Å². The number of ether oxygens (including phenoxy) is 1. The topological polar surface area (TPSA) is 79.0 Å². The average Bonchev–Trinajstić information content (AvgIpc) is 3.15. The van der Waals surface area contributed by atoms with Crippen LogP contribution in [-0.4, -0.2) is 48.9 Å². The maximum Gasteiger partial charge on any atom is 0.259 e. The molecule has 0 aromatic heterocycles. The Bertz CT molecular complexity index is 1230. The number of benzene rings is 3. The maximum absolute atomic E-state index is 13.6. The molecule has 1 aliphatic rings. The fourth-order valence-corrected chi connectivity index (χ4v) is 4.41. The second-order valence-electron chi connectivity index (χ2n) is 8.76. The van der Waals surface area contributed by atoms with Crippen molar-refractivity contribution in [2.24, 2.45) is 0 Å². The molecular formula is C28H31N3O4. The monoisotopic (exact) mass is 473 g/mol. The molecule has 0 fully saturated rings. The van der Waals surface area contributed by atoms with Gasteiger partial charge in [-0.1, -0.05) is 49.7 Å². The van der Waals surface area contributed by atoms with Crippen LogP contribution in [0.3, 0.4) is 0 Å². The number of nitrogens with zero attached hydrogens (tertiary/aromatic N) is 2. The Balaban J connectivity index is 1.58. The fraction of sp³-hybridized carbons (Fsp3) is 0.321. The first-order chi connectivity index (χ1) is 16.9. The van der Waals surface area contributed by atoms with Crippen LogP contribution in [0, 0.1) is 0 Å². The van der Waals surface area contributed by atoms with E-state index < -0.39 is 6.04 Å². The van der Waals surface area contributed by atoms with E-state index in [-0.39, 0.29) is 30.8 Å². The zero-order valence-corrected chi connectivity index (χ0v) is 20.4. The SMILES string of the molecule is CCCCNC(=O)[C@H](C)N(Cc1ccc(OC)cc1)C(=O)CN1C(=O)c2cccc3cccc1c23. The number of rotatable bonds is 10. The van der Waals surface area contributed by atoms with Gasteiger partial charge in [0.15, 0.2) is 0 Å². The minimum atomic E-state index is -0.697. The number of methoxy groups -OCH3 is 1. The molecule has 1 N–H and O–H groups in total. The van der Waals surface area contributed by atoms with Crippen molar-refractivity contribution in [2.45, 2.75) is 39.3 Å². The normalized spacial score (nSPS) is 13.1. The van der Waals surface area contributed by atoms with E-state index in [9.17, 15) is 14.4 Å². The van der Waals surface area contributed by atoms with Crippen molar-refractivity contribution < 1.29 is 19.1 Å². The molecule has 3 aromatic rings. The van der Waals surface area contributed by atoms with Crippen molar-refractivity contribution >= 4 is 34.2 Å². The number of anilines is 1. The molecule has 1 atom stereocenters. The molecule has 3 aromatic carbocycles. The summed E-state index contributed by atoms with van der Waals surface area (Å²) in [6.45, 7) is 4.44. The van der Waals surface area contributed by atoms with Gasteiger partial charge in [0.1, 0.15) is 18.3 Å². The Morgan fingerprint density at radius 3 is 2.46 bits per heavy atom. The quantitative estimate of drug-likeness (QED) is 0.449. The van der Waals surface area contributed by atoms with E-state index in [2.05, 4.69) is 12.2 Å². The summed E-state index contributed by atoms with van der Waals surface area (Å²) in [7, 11) is 1.60. The molecule has 7 heteroatoms. The summed E-state index contributed by atoms with van der Waals surface area (Å²) in [5, 5.41) is 4.74. The first-order valence-electron chi connectivity index (χ1n) is 12.0. The Hall–Kier alpha value is -3.87. The van der Waals surface area contributed by atoms with Crippen LogP contribution in [0.5, 0.6) is 5.75 Å². The first kappa shape index (κ1) is 24.3. The van der Waals surface area contributed by atoms with Gasteiger partial charge in [0, 0.05) is 24.0 Å². The van der Waals surface area contributed by atoms with Gasteiger partial charge < -0.3 is 15.0 Å². The van der Waals surface area contributed by atoms with Gasteiger partial charge in [0.2, 0.25) is 11.8 Å². The number of unbranched alkanes of at least 4 members (excludes halogenated alkanes) is 1. The molecule has 35 heavy (non-hydrogen) atoms. The lowest BCUT2D eigenvalue weighted by atomic mass is 10.1. The van der Waals surface area contributed by atoms with Crippen LogP contribution in [0.15, 0.2) is 60.7 Å². The van der Waals surface area contributed by atoms with Gasteiger partial charge in [-0.15, -0.1) is 0 Å². The van der Waals surface area contributed by atoms with Crippen molar-refractivity contribution in [3.63, 3.8) is 0 Å².